The minimum Gasteiger partial charge on any atom is -0.327 e. The summed E-state index contributed by atoms with van der Waals surface area (Å²) in [6.45, 7) is 7.79. The van der Waals surface area contributed by atoms with Crippen molar-refractivity contribution >= 4 is 5.78 Å². The smallest absolute Gasteiger partial charge is 0.138 e. The van der Waals surface area contributed by atoms with Gasteiger partial charge in [0.2, 0.25) is 0 Å². The van der Waals surface area contributed by atoms with Crippen molar-refractivity contribution in [3.63, 3.8) is 0 Å². The molecule has 2 heteroatoms. The SMILES string of the molecule is C=C(CC)CC(=O)CC(N)CC. The molecule has 0 aliphatic rings. The summed E-state index contributed by atoms with van der Waals surface area (Å²) < 4.78 is 0. The lowest BCUT2D eigenvalue weighted by Crippen LogP contribution is -2.22. The van der Waals surface area contributed by atoms with Crippen LogP contribution in [0.4, 0.5) is 0 Å². The highest BCUT2D eigenvalue weighted by molar-refractivity contribution is 5.81. The van der Waals surface area contributed by atoms with Gasteiger partial charge >= 0.3 is 0 Å². The van der Waals surface area contributed by atoms with Gasteiger partial charge in [-0.3, -0.25) is 4.79 Å². The van der Waals surface area contributed by atoms with E-state index < -0.39 is 0 Å². The van der Waals surface area contributed by atoms with Gasteiger partial charge in [0.25, 0.3) is 0 Å². The Balaban J connectivity index is 3.66. The second-order valence-electron chi connectivity index (χ2n) is 3.19. The van der Waals surface area contributed by atoms with E-state index >= 15 is 0 Å². The number of hydrogen-bond acceptors (Lipinski definition) is 2. The highest BCUT2D eigenvalue weighted by atomic mass is 16.1. The lowest BCUT2D eigenvalue weighted by Gasteiger charge is -2.07. The molecule has 0 bridgehead atoms. The molecule has 0 saturated carbocycles. The van der Waals surface area contributed by atoms with Gasteiger partial charge in [-0.1, -0.05) is 26.0 Å². The van der Waals surface area contributed by atoms with Gasteiger partial charge in [-0.25, -0.2) is 0 Å². The topological polar surface area (TPSA) is 43.1 Å². The van der Waals surface area contributed by atoms with Gasteiger partial charge in [0.15, 0.2) is 0 Å². The summed E-state index contributed by atoms with van der Waals surface area (Å²) in [5.41, 5.74) is 6.64. The van der Waals surface area contributed by atoms with E-state index in [1.807, 2.05) is 13.8 Å². The summed E-state index contributed by atoms with van der Waals surface area (Å²) in [5, 5.41) is 0. The largest absolute Gasteiger partial charge is 0.327 e. The number of carbonyl (C=O) groups is 1. The molecule has 0 aliphatic heterocycles. The molecule has 0 heterocycles. The van der Waals surface area contributed by atoms with E-state index in [9.17, 15) is 4.79 Å². The zero-order valence-corrected chi connectivity index (χ0v) is 8.10. The Morgan fingerprint density at radius 3 is 2.50 bits per heavy atom. The van der Waals surface area contributed by atoms with Crippen LogP contribution in [-0.2, 0) is 4.79 Å². The van der Waals surface area contributed by atoms with E-state index in [2.05, 4.69) is 6.58 Å². The second kappa shape index (κ2) is 5.95. The fourth-order valence-electron chi connectivity index (χ4n) is 0.913. The first-order valence-electron chi connectivity index (χ1n) is 4.54. The first-order chi connectivity index (χ1) is 5.60. The molecule has 1 atom stereocenters. The Kier molecular flexibility index (Phi) is 5.64. The molecule has 12 heavy (non-hydrogen) atoms. The van der Waals surface area contributed by atoms with E-state index in [0.717, 1.165) is 18.4 Å². The maximum Gasteiger partial charge on any atom is 0.138 e. The number of allylic oxidation sites excluding steroid dienone is 1. The van der Waals surface area contributed by atoms with E-state index in [-0.39, 0.29) is 11.8 Å². The molecule has 0 radical (unpaired) electrons. The molecule has 2 N–H and O–H groups in total. The van der Waals surface area contributed by atoms with Crippen molar-refractivity contribution in [1.29, 1.82) is 0 Å². The van der Waals surface area contributed by atoms with Crippen molar-refractivity contribution in [3.05, 3.63) is 12.2 Å². The fraction of sp³-hybridized carbons (Fsp3) is 0.700. The van der Waals surface area contributed by atoms with Crippen molar-refractivity contribution in [2.45, 2.75) is 45.6 Å². The van der Waals surface area contributed by atoms with Crippen LogP contribution < -0.4 is 5.73 Å². The van der Waals surface area contributed by atoms with Crippen LogP contribution in [0.2, 0.25) is 0 Å². The Hall–Kier alpha value is -0.630. The van der Waals surface area contributed by atoms with Gasteiger partial charge in [0.1, 0.15) is 5.78 Å². The summed E-state index contributed by atoms with van der Waals surface area (Å²) in [5.74, 6) is 0.219. The molecular formula is C10H19NO. The molecule has 0 rings (SSSR count). The molecule has 0 saturated heterocycles. The predicted octanol–water partition coefficient (Wildman–Crippen LogP) is 2.04. The number of hydrogen-bond donors (Lipinski definition) is 1. The first kappa shape index (κ1) is 11.4. The van der Waals surface area contributed by atoms with E-state index in [4.69, 9.17) is 5.73 Å². The van der Waals surface area contributed by atoms with Crippen LogP contribution in [0.1, 0.15) is 39.5 Å². The van der Waals surface area contributed by atoms with Crippen molar-refractivity contribution in [3.8, 4) is 0 Å². The average Bonchev–Trinajstić information content (AvgIpc) is 2.03. The molecule has 0 amide bonds. The predicted molar refractivity (Wildman–Crippen MR) is 51.9 cm³/mol. The van der Waals surface area contributed by atoms with Gasteiger partial charge in [-0.2, -0.15) is 0 Å². The van der Waals surface area contributed by atoms with Crippen molar-refractivity contribution < 1.29 is 4.79 Å². The molecule has 0 aromatic carbocycles. The van der Waals surface area contributed by atoms with Crippen molar-refractivity contribution in [1.82, 2.24) is 0 Å². The second-order valence-corrected chi connectivity index (χ2v) is 3.19. The van der Waals surface area contributed by atoms with Crippen molar-refractivity contribution in [2.75, 3.05) is 0 Å². The minimum absolute atomic E-state index is 0.0298. The quantitative estimate of drug-likeness (QED) is 0.618. The summed E-state index contributed by atoms with van der Waals surface area (Å²) in [6.07, 6.45) is 2.75. The molecule has 0 spiro atoms. The highest BCUT2D eigenvalue weighted by Gasteiger charge is 2.07. The minimum atomic E-state index is 0.0298. The van der Waals surface area contributed by atoms with Crippen molar-refractivity contribution in [2.24, 2.45) is 5.73 Å². The third-order valence-electron chi connectivity index (χ3n) is 1.96. The number of ketones is 1. The zero-order chi connectivity index (χ0) is 9.56. The van der Waals surface area contributed by atoms with E-state index in [0.29, 0.717) is 12.8 Å². The average molecular weight is 169 g/mol. The van der Waals surface area contributed by atoms with Gasteiger partial charge in [0, 0.05) is 18.9 Å². The third-order valence-corrected chi connectivity index (χ3v) is 1.96. The van der Waals surface area contributed by atoms with Crippen LogP contribution in [0, 0.1) is 0 Å². The standard InChI is InChI=1S/C10H19NO/c1-4-8(3)6-10(12)7-9(11)5-2/h9H,3-7,11H2,1-2H3. The molecule has 0 aromatic rings. The molecular weight excluding hydrogens is 150 g/mol. The monoisotopic (exact) mass is 169 g/mol. The third kappa shape index (κ3) is 5.08. The Morgan fingerprint density at radius 2 is 2.08 bits per heavy atom. The zero-order valence-electron chi connectivity index (χ0n) is 8.10. The van der Waals surface area contributed by atoms with Crippen LogP contribution >= 0.6 is 0 Å². The van der Waals surface area contributed by atoms with Crippen LogP contribution in [0.5, 0.6) is 0 Å². The lowest BCUT2D eigenvalue weighted by molar-refractivity contribution is -0.118. The summed E-state index contributed by atoms with van der Waals surface area (Å²) in [6, 6.07) is 0.0298. The van der Waals surface area contributed by atoms with Crippen LogP contribution in [0.3, 0.4) is 0 Å². The fourth-order valence-corrected chi connectivity index (χ4v) is 0.913. The number of rotatable bonds is 6. The molecule has 0 aliphatic carbocycles. The van der Waals surface area contributed by atoms with Gasteiger partial charge in [-0.05, 0) is 12.8 Å². The summed E-state index contributed by atoms with van der Waals surface area (Å²) >= 11 is 0. The van der Waals surface area contributed by atoms with Gasteiger partial charge in [-0.15, -0.1) is 0 Å². The molecule has 2 nitrogen and oxygen atoms in total. The molecule has 70 valence electrons. The normalized spacial score (nSPS) is 12.6. The van der Waals surface area contributed by atoms with E-state index in [1.165, 1.54) is 0 Å². The number of carbonyl (C=O) groups excluding carboxylic acids is 1. The Labute approximate surface area is 74.8 Å². The van der Waals surface area contributed by atoms with Crippen LogP contribution in [-0.4, -0.2) is 11.8 Å². The van der Waals surface area contributed by atoms with Crippen LogP contribution in [0.25, 0.3) is 0 Å². The van der Waals surface area contributed by atoms with Gasteiger partial charge < -0.3 is 5.73 Å². The first-order valence-corrected chi connectivity index (χ1v) is 4.54. The summed E-state index contributed by atoms with van der Waals surface area (Å²) in [7, 11) is 0. The summed E-state index contributed by atoms with van der Waals surface area (Å²) in [4.78, 5) is 11.2. The molecule has 1 unspecified atom stereocenters. The Morgan fingerprint density at radius 1 is 1.50 bits per heavy atom. The van der Waals surface area contributed by atoms with Crippen LogP contribution in [0.15, 0.2) is 12.2 Å². The highest BCUT2D eigenvalue weighted by Crippen LogP contribution is 2.07. The lowest BCUT2D eigenvalue weighted by atomic mass is 10.0. The molecule has 0 aromatic heterocycles. The maximum atomic E-state index is 11.2. The Bertz CT molecular complexity index is 163. The van der Waals surface area contributed by atoms with Gasteiger partial charge in [0.05, 0.1) is 0 Å². The van der Waals surface area contributed by atoms with E-state index in [1.54, 1.807) is 0 Å². The maximum absolute atomic E-state index is 11.2. The number of nitrogens with two attached hydrogens (primary N) is 1. The molecule has 0 fully saturated rings. The number of Topliss-reactive ketones (excluding diaryl/α,β-unsaturated/α-hetero) is 1.